The number of rotatable bonds is 3. The Bertz CT molecular complexity index is 512. The van der Waals surface area contributed by atoms with Gasteiger partial charge in [0.15, 0.2) is 0 Å². The maximum absolute atomic E-state index is 12.3. The van der Waals surface area contributed by atoms with Crippen molar-refractivity contribution in [3.63, 3.8) is 0 Å². The number of nitrogens with zero attached hydrogens (tertiary/aromatic N) is 2. The van der Waals surface area contributed by atoms with Crippen LogP contribution < -0.4 is 5.32 Å². The minimum atomic E-state index is -0.0565. The average Bonchev–Trinajstić information content (AvgIpc) is 3.01. The van der Waals surface area contributed by atoms with E-state index in [0.717, 1.165) is 51.4 Å². The van der Waals surface area contributed by atoms with Crippen molar-refractivity contribution < 1.29 is 9.53 Å². The highest BCUT2D eigenvalue weighted by Gasteiger charge is 2.24. The largest absolute Gasteiger partial charge is 0.377 e. The van der Waals surface area contributed by atoms with Gasteiger partial charge < -0.3 is 15.0 Å². The average molecular weight is 324 g/mol. The van der Waals surface area contributed by atoms with Gasteiger partial charge in [0.2, 0.25) is 0 Å². The Labute approximate surface area is 136 Å². The van der Waals surface area contributed by atoms with Gasteiger partial charge in [-0.15, -0.1) is 0 Å². The second-order valence-corrected chi connectivity index (χ2v) is 6.30. The molecule has 0 radical (unpaired) electrons. The highest BCUT2D eigenvalue weighted by atomic mass is 35.5. The standard InChI is InChI=1S/C16H22ClN3O2/c17-13-3-1-4-14(11-13)18-16(21)20-8-6-19(7-9-20)12-15-5-2-10-22-15/h1,3-4,11,15H,2,5-10,12H2,(H,18,21)/t15-/m0/s1. The molecule has 5 nitrogen and oxygen atoms in total. The van der Waals surface area contributed by atoms with Crippen LogP contribution in [0.5, 0.6) is 0 Å². The lowest BCUT2D eigenvalue weighted by Crippen LogP contribution is -2.51. The second kappa shape index (κ2) is 7.31. The summed E-state index contributed by atoms with van der Waals surface area (Å²) in [5.74, 6) is 0. The van der Waals surface area contributed by atoms with Gasteiger partial charge in [-0.25, -0.2) is 4.79 Å². The molecule has 3 rings (SSSR count). The first-order valence-corrected chi connectivity index (χ1v) is 8.24. The third kappa shape index (κ3) is 4.12. The smallest absolute Gasteiger partial charge is 0.321 e. The molecule has 2 fully saturated rings. The molecular formula is C16H22ClN3O2. The summed E-state index contributed by atoms with van der Waals surface area (Å²) >= 11 is 5.93. The van der Waals surface area contributed by atoms with Crippen LogP contribution in [0.15, 0.2) is 24.3 Å². The van der Waals surface area contributed by atoms with E-state index < -0.39 is 0 Å². The molecule has 1 atom stereocenters. The number of anilines is 1. The summed E-state index contributed by atoms with van der Waals surface area (Å²) in [6.07, 6.45) is 2.72. The van der Waals surface area contributed by atoms with E-state index in [1.165, 1.54) is 6.42 Å². The Kier molecular flexibility index (Phi) is 5.18. The Hall–Kier alpha value is -1.30. The van der Waals surface area contributed by atoms with Crippen molar-refractivity contribution in [2.75, 3.05) is 44.6 Å². The molecule has 0 bridgehead atoms. The van der Waals surface area contributed by atoms with Crippen molar-refractivity contribution in [2.24, 2.45) is 0 Å². The number of carbonyl (C=O) groups excluding carboxylic acids is 1. The quantitative estimate of drug-likeness (QED) is 0.930. The van der Waals surface area contributed by atoms with E-state index in [4.69, 9.17) is 16.3 Å². The van der Waals surface area contributed by atoms with E-state index in [1.54, 1.807) is 12.1 Å². The van der Waals surface area contributed by atoms with Crippen LogP contribution in [0.3, 0.4) is 0 Å². The van der Waals surface area contributed by atoms with E-state index >= 15 is 0 Å². The third-order valence-electron chi connectivity index (χ3n) is 4.22. The first-order chi connectivity index (χ1) is 10.7. The minimum absolute atomic E-state index is 0.0565. The van der Waals surface area contributed by atoms with Crippen LogP contribution in [0.25, 0.3) is 0 Å². The van der Waals surface area contributed by atoms with Gasteiger partial charge in [0.1, 0.15) is 0 Å². The van der Waals surface area contributed by atoms with Gasteiger partial charge >= 0.3 is 6.03 Å². The molecule has 2 heterocycles. The summed E-state index contributed by atoms with van der Waals surface area (Å²) in [6, 6.07) is 7.17. The zero-order valence-corrected chi connectivity index (χ0v) is 13.4. The van der Waals surface area contributed by atoms with Crippen LogP contribution in [-0.2, 0) is 4.74 Å². The Morgan fingerprint density at radius 1 is 1.32 bits per heavy atom. The molecule has 0 spiro atoms. The number of hydrogen-bond donors (Lipinski definition) is 1. The number of halogens is 1. The molecule has 120 valence electrons. The van der Waals surface area contributed by atoms with Gasteiger partial charge in [0.25, 0.3) is 0 Å². The first-order valence-electron chi connectivity index (χ1n) is 7.86. The van der Waals surface area contributed by atoms with Crippen molar-refractivity contribution in [2.45, 2.75) is 18.9 Å². The number of ether oxygens (including phenoxy) is 1. The monoisotopic (exact) mass is 323 g/mol. The molecule has 0 aromatic heterocycles. The lowest BCUT2D eigenvalue weighted by molar-refractivity contribution is 0.0572. The Morgan fingerprint density at radius 2 is 2.14 bits per heavy atom. The van der Waals surface area contributed by atoms with E-state index in [9.17, 15) is 4.79 Å². The molecule has 22 heavy (non-hydrogen) atoms. The minimum Gasteiger partial charge on any atom is -0.377 e. The fourth-order valence-electron chi connectivity index (χ4n) is 2.98. The normalized spacial score (nSPS) is 22.8. The SMILES string of the molecule is O=C(Nc1cccc(Cl)c1)N1CCN(C[C@@H]2CCCO2)CC1. The molecule has 1 aromatic rings. The van der Waals surface area contributed by atoms with Crippen molar-refractivity contribution in [1.29, 1.82) is 0 Å². The molecule has 0 unspecified atom stereocenters. The number of piperazine rings is 1. The van der Waals surface area contributed by atoms with Gasteiger partial charge in [0, 0.05) is 50.0 Å². The van der Waals surface area contributed by atoms with Crippen LogP contribution in [0.4, 0.5) is 10.5 Å². The van der Waals surface area contributed by atoms with Crippen molar-refractivity contribution in [3.05, 3.63) is 29.3 Å². The van der Waals surface area contributed by atoms with Gasteiger partial charge in [-0.1, -0.05) is 17.7 Å². The molecule has 2 aliphatic rings. The lowest BCUT2D eigenvalue weighted by atomic mass is 10.2. The topological polar surface area (TPSA) is 44.8 Å². The summed E-state index contributed by atoms with van der Waals surface area (Å²) in [5.41, 5.74) is 0.735. The molecule has 0 aliphatic carbocycles. The Morgan fingerprint density at radius 3 is 2.82 bits per heavy atom. The summed E-state index contributed by atoms with van der Waals surface area (Å²) < 4.78 is 5.67. The van der Waals surface area contributed by atoms with Gasteiger partial charge in [-0.2, -0.15) is 0 Å². The number of carbonyl (C=O) groups is 1. The Balaban J connectivity index is 1.45. The molecule has 2 amide bonds. The predicted octanol–water partition coefficient (Wildman–Crippen LogP) is 2.67. The van der Waals surface area contributed by atoms with E-state index in [-0.39, 0.29) is 6.03 Å². The van der Waals surface area contributed by atoms with Crippen LogP contribution in [0.2, 0.25) is 5.02 Å². The zero-order valence-electron chi connectivity index (χ0n) is 12.6. The highest BCUT2D eigenvalue weighted by molar-refractivity contribution is 6.30. The number of nitrogens with one attached hydrogen (secondary N) is 1. The van der Waals surface area contributed by atoms with Crippen LogP contribution in [0.1, 0.15) is 12.8 Å². The lowest BCUT2D eigenvalue weighted by Gasteiger charge is -2.35. The summed E-state index contributed by atoms with van der Waals surface area (Å²) in [5, 5.41) is 3.52. The molecule has 1 N–H and O–H groups in total. The number of hydrogen-bond acceptors (Lipinski definition) is 3. The van der Waals surface area contributed by atoms with Crippen LogP contribution in [0, 0.1) is 0 Å². The second-order valence-electron chi connectivity index (χ2n) is 5.86. The van der Waals surface area contributed by atoms with E-state index in [1.807, 2.05) is 17.0 Å². The fraction of sp³-hybridized carbons (Fsp3) is 0.562. The molecular weight excluding hydrogens is 302 g/mol. The van der Waals surface area contributed by atoms with E-state index in [2.05, 4.69) is 10.2 Å². The van der Waals surface area contributed by atoms with E-state index in [0.29, 0.717) is 11.1 Å². The summed E-state index contributed by atoms with van der Waals surface area (Å²) in [7, 11) is 0. The zero-order chi connectivity index (χ0) is 15.4. The number of benzene rings is 1. The number of amides is 2. The van der Waals surface area contributed by atoms with Crippen LogP contribution in [-0.4, -0.2) is 61.3 Å². The maximum atomic E-state index is 12.3. The molecule has 2 aliphatic heterocycles. The first kappa shape index (κ1) is 15.6. The predicted molar refractivity (Wildman–Crippen MR) is 87.5 cm³/mol. The molecule has 1 aromatic carbocycles. The highest BCUT2D eigenvalue weighted by Crippen LogP contribution is 2.17. The summed E-state index contributed by atoms with van der Waals surface area (Å²) in [4.78, 5) is 16.5. The molecule has 6 heteroatoms. The summed E-state index contributed by atoms with van der Waals surface area (Å²) in [6.45, 7) is 5.19. The molecule has 0 saturated carbocycles. The fourth-order valence-corrected chi connectivity index (χ4v) is 3.17. The van der Waals surface area contributed by atoms with Crippen molar-refractivity contribution >= 4 is 23.3 Å². The van der Waals surface area contributed by atoms with Gasteiger partial charge in [0.05, 0.1) is 6.10 Å². The number of urea groups is 1. The third-order valence-corrected chi connectivity index (χ3v) is 4.46. The van der Waals surface area contributed by atoms with Crippen molar-refractivity contribution in [3.8, 4) is 0 Å². The van der Waals surface area contributed by atoms with Crippen LogP contribution >= 0.6 is 11.6 Å². The van der Waals surface area contributed by atoms with Crippen molar-refractivity contribution in [1.82, 2.24) is 9.80 Å². The molecule has 2 saturated heterocycles. The van der Waals surface area contributed by atoms with Gasteiger partial charge in [-0.3, -0.25) is 4.90 Å². The van der Waals surface area contributed by atoms with Gasteiger partial charge in [-0.05, 0) is 31.0 Å². The maximum Gasteiger partial charge on any atom is 0.321 e.